The van der Waals surface area contributed by atoms with E-state index in [4.69, 9.17) is 5.11 Å². The molecule has 0 amide bonds. The average Bonchev–Trinajstić information content (AvgIpc) is 2.35. The van der Waals surface area contributed by atoms with E-state index in [1.54, 1.807) is 0 Å². The second kappa shape index (κ2) is 4.93. The summed E-state index contributed by atoms with van der Waals surface area (Å²) in [5.74, 6) is 0.115. The summed E-state index contributed by atoms with van der Waals surface area (Å²) in [5.41, 5.74) is 1.65. The third-order valence-electron chi connectivity index (χ3n) is 1.32. The molecule has 1 heterocycles. The van der Waals surface area contributed by atoms with E-state index < -0.39 is 0 Å². The maximum Gasteiger partial charge on any atom is 0.118 e. The number of hydrogen-bond acceptors (Lipinski definition) is 3. The predicted octanol–water partition coefficient (Wildman–Crippen LogP) is 3.31. The molecule has 0 fully saturated rings. The van der Waals surface area contributed by atoms with Gasteiger partial charge in [0.25, 0.3) is 0 Å². The molecule has 0 aliphatic rings. The Bertz CT molecular complexity index is 246. The van der Waals surface area contributed by atoms with Crippen LogP contribution in [-0.2, 0) is 0 Å². The van der Waals surface area contributed by atoms with Gasteiger partial charge in [0.2, 0.25) is 0 Å². The molecule has 68 valence electrons. The molecule has 1 aromatic rings. The third kappa shape index (κ3) is 2.34. The van der Waals surface area contributed by atoms with E-state index in [-0.39, 0.29) is 5.76 Å². The second-order valence-corrected chi connectivity index (χ2v) is 3.12. The van der Waals surface area contributed by atoms with E-state index in [0.29, 0.717) is 0 Å². The van der Waals surface area contributed by atoms with Gasteiger partial charge in [-0.1, -0.05) is 20.4 Å². The van der Waals surface area contributed by atoms with Crippen molar-refractivity contribution in [1.29, 1.82) is 0 Å². The summed E-state index contributed by atoms with van der Waals surface area (Å²) in [6.07, 6.45) is 0. The van der Waals surface area contributed by atoms with Gasteiger partial charge in [-0.05, 0) is 25.4 Å². The predicted molar refractivity (Wildman–Crippen MR) is 54.6 cm³/mol. The minimum Gasteiger partial charge on any atom is -0.508 e. The summed E-state index contributed by atoms with van der Waals surface area (Å²) in [6, 6.07) is 0. The number of nitrogens with zero attached hydrogens (tertiary/aromatic N) is 1. The summed E-state index contributed by atoms with van der Waals surface area (Å²) in [5, 5.41) is 9.05. The highest BCUT2D eigenvalue weighted by molar-refractivity contribution is 7.06. The molecule has 1 rings (SSSR count). The number of rotatable bonds is 1. The fraction of sp³-hybridized carbons (Fsp3) is 0.444. The van der Waals surface area contributed by atoms with E-state index >= 15 is 0 Å². The minimum atomic E-state index is 0.115. The first-order valence-corrected chi connectivity index (χ1v) is 4.71. The zero-order valence-electron chi connectivity index (χ0n) is 8.01. The zero-order chi connectivity index (χ0) is 9.72. The molecule has 0 unspecified atom stereocenters. The summed E-state index contributed by atoms with van der Waals surface area (Å²) in [4.78, 5) is 1.02. The van der Waals surface area contributed by atoms with Gasteiger partial charge < -0.3 is 5.11 Å². The maximum absolute atomic E-state index is 9.05. The second-order valence-electron chi connectivity index (χ2n) is 2.15. The standard InChI is InChI=1S/C7H9NOS.C2H6/c1-4-7(5(2)9)6(3)10-8-4;1-2/h9H,2H2,1,3H3;1-2H3. The lowest BCUT2D eigenvalue weighted by molar-refractivity contribution is 0.513. The molecule has 3 heteroatoms. The lowest BCUT2D eigenvalue weighted by Gasteiger charge is -1.94. The zero-order valence-corrected chi connectivity index (χ0v) is 8.83. The minimum absolute atomic E-state index is 0.115. The Morgan fingerprint density at radius 2 is 1.92 bits per heavy atom. The van der Waals surface area contributed by atoms with Gasteiger partial charge in [-0.25, -0.2) is 0 Å². The maximum atomic E-state index is 9.05. The lowest BCUT2D eigenvalue weighted by Crippen LogP contribution is -1.83. The fourth-order valence-electron chi connectivity index (χ4n) is 0.895. The number of hydrogen-bond donors (Lipinski definition) is 1. The fourth-order valence-corrected chi connectivity index (χ4v) is 1.62. The van der Waals surface area contributed by atoms with Crippen molar-refractivity contribution in [3.05, 3.63) is 22.7 Å². The van der Waals surface area contributed by atoms with Crippen LogP contribution in [0.15, 0.2) is 6.58 Å². The van der Waals surface area contributed by atoms with Gasteiger partial charge in [-0.15, -0.1) is 0 Å². The molecule has 1 N–H and O–H groups in total. The van der Waals surface area contributed by atoms with Crippen molar-refractivity contribution < 1.29 is 5.11 Å². The molecule has 0 aliphatic heterocycles. The van der Waals surface area contributed by atoms with E-state index in [9.17, 15) is 0 Å². The van der Waals surface area contributed by atoms with Crippen molar-refractivity contribution in [3.8, 4) is 0 Å². The highest BCUT2D eigenvalue weighted by Gasteiger charge is 2.07. The van der Waals surface area contributed by atoms with Crippen LogP contribution in [0.3, 0.4) is 0 Å². The highest BCUT2D eigenvalue weighted by Crippen LogP contribution is 2.21. The van der Waals surface area contributed by atoms with E-state index in [1.807, 2.05) is 27.7 Å². The van der Waals surface area contributed by atoms with Crippen LogP contribution < -0.4 is 0 Å². The Labute approximate surface area is 77.7 Å². The Hall–Kier alpha value is -0.830. The van der Waals surface area contributed by atoms with Crippen molar-refractivity contribution >= 4 is 17.3 Å². The molecular formula is C9H15NOS. The topological polar surface area (TPSA) is 33.1 Å². The molecule has 0 bridgehead atoms. The summed E-state index contributed by atoms with van der Waals surface area (Å²) < 4.78 is 4.06. The van der Waals surface area contributed by atoms with Crippen LogP contribution in [0.2, 0.25) is 0 Å². The van der Waals surface area contributed by atoms with Gasteiger partial charge in [0.1, 0.15) is 5.76 Å². The van der Waals surface area contributed by atoms with E-state index in [0.717, 1.165) is 16.1 Å². The van der Waals surface area contributed by atoms with Crippen LogP contribution in [0.25, 0.3) is 5.76 Å². The van der Waals surface area contributed by atoms with Crippen LogP contribution in [0.1, 0.15) is 30.0 Å². The van der Waals surface area contributed by atoms with Crippen LogP contribution in [0, 0.1) is 13.8 Å². The first kappa shape index (κ1) is 11.2. The molecule has 2 nitrogen and oxygen atoms in total. The average molecular weight is 185 g/mol. The van der Waals surface area contributed by atoms with Gasteiger partial charge in [0.05, 0.1) is 11.3 Å². The van der Waals surface area contributed by atoms with E-state index in [1.165, 1.54) is 11.5 Å². The quantitative estimate of drug-likeness (QED) is 0.681. The number of aryl methyl sites for hydroxylation is 2. The van der Waals surface area contributed by atoms with Crippen molar-refractivity contribution in [1.82, 2.24) is 4.37 Å². The van der Waals surface area contributed by atoms with Gasteiger partial charge >= 0.3 is 0 Å². The molecule has 0 saturated heterocycles. The number of aliphatic hydroxyl groups excluding tert-OH is 1. The van der Waals surface area contributed by atoms with Gasteiger partial charge in [0.15, 0.2) is 0 Å². The lowest BCUT2D eigenvalue weighted by atomic mass is 10.2. The summed E-state index contributed by atoms with van der Waals surface area (Å²) >= 11 is 1.39. The summed E-state index contributed by atoms with van der Waals surface area (Å²) in [7, 11) is 0. The van der Waals surface area contributed by atoms with Crippen LogP contribution in [0.5, 0.6) is 0 Å². The smallest absolute Gasteiger partial charge is 0.118 e. The van der Waals surface area contributed by atoms with Crippen molar-refractivity contribution in [2.45, 2.75) is 27.7 Å². The molecule has 1 aromatic heterocycles. The van der Waals surface area contributed by atoms with Gasteiger partial charge in [-0.3, -0.25) is 0 Å². The molecular weight excluding hydrogens is 170 g/mol. The third-order valence-corrected chi connectivity index (χ3v) is 2.17. The van der Waals surface area contributed by atoms with Crippen LogP contribution in [0.4, 0.5) is 0 Å². The van der Waals surface area contributed by atoms with Crippen molar-refractivity contribution in [2.24, 2.45) is 0 Å². The largest absolute Gasteiger partial charge is 0.508 e. The Morgan fingerprint density at radius 1 is 1.42 bits per heavy atom. The highest BCUT2D eigenvalue weighted by atomic mass is 32.1. The summed E-state index contributed by atoms with van der Waals surface area (Å²) in [6.45, 7) is 11.2. The molecule has 0 radical (unpaired) electrons. The SMILES string of the molecule is C=C(O)c1c(C)nsc1C.CC. The first-order valence-electron chi connectivity index (χ1n) is 3.94. The molecule has 0 spiro atoms. The van der Waals surface area contributed by atoms with Crippen molar-refractivity contribution in [3.63, 3.8) is 0 Å². The normalized spacial score (nSPS) is 8.67. The Kier molecular flexibility index (Phi) is 4.59. The van der Waals surface area contributed by atoms with E-state index in [2.05, 4.69) is 11.0 Å². The van der Waals surface area contributed by atoms with Gasteiger partial charge in [0, 0.05) is 4.88 Å². The molecule has 0 aromatic carbocycles. The number of aromatic nitrogens is 1. The Morgan fingerprint density at radius 3 is 2.08 bits per heavy atom. The van der Waals surface area contributed by atoms with Crippen molar-refractivity contribution in [2.75, 3.05) is 0 Å². The first-order chi connectivity index (χ1) is 5.63. The molecule has 12 heavy (non-hydrogen) atoms. The molecule has 0 aliphatic carbocycles. The molecule has 0 saturated carbocycles. The van der Waals surface area contributed by atoms with Gasteiger partial charge in [-0.2, -0.15) is 4.37 Å². The monoisotopic (exact) mass is 185 g/mol. The van der Waals surface area contributed by atoms with Crippen LogP contribution in [-0.4, -0.2) is 9.48 Å². The molecule has 0 atom stereocenters. The number of aliphatic hydroxyl groups is 1. The van der Waals surface area contributed by atoms with Crippen LogP contribution >= 0.6 is 11.5 Å². The Balaban J connectivity index is 0.000000561.